The average Bonchev–Trinajstić information content (AvgIpc) is 2.68. The molecule has 3 rings (SSSR count). The molecular formula is C19H20FNO3S2. The van der Waals surface area contributed by atoms with Crippen molar-refractivity contribution in [3.05, 3.63) is 53.3 Å². The van der Waals surface area contributed by atoms with Crippen LogP contribution >= 0.6 is 23.5 Å². The third-order valence-electron chi connectivity index (χ3n) is 3.92. The van der Waals surface area contributed by atoms with Crippen LogP contribution in [-0.2, 0) is 11.4 Å². The Morgan fingerprint density at radius 3 is 2.62 bits per heavy atom. The molecule has 1 N–H and O–H groups in total. The lowest BCUT2D eigenvalue weighted by molar-refractivity contribution is -0.105. The molecular weight excluding hydrogens is 373 g/mol. The van der Waals surface area contributed by atoms with Gasteiger partial charge in [-0.1, -0.05) is 12.1 Å². The summed E-state index contributed by atoms with van der Waals surface area (Å²) < 4.78 is 25.8. The Hall–Kier alpha value is -1.86. The van der Waals surface area contributed by atoms with E-state index in [1.54, 1.807) is 36.7 Å². The van der Waals surface area contributed by atoms with Crippen molar-refractivity contribution in [3.8, 4) is 11.5 Å². The van der Waals surface area contributed by atoms with Gasteiger partial charge in [-0.2, -0.15) is 0 Å². The van der Waals surface area contributed by atoms with E-state index < -0.39 is 5.82 Å². The predicted octanol–water partition coefficient (Wildman–Crippen LogP) is 4.85. The molecule has 1 amide bonds. The molecule has 0 saturated carbocycles. The van der Waals surface area contributed by atoms with Gasteiger partial charge in [-0.05, 0) is 41.7 Å². The van der Waals surface area contributed by atoms with Crippen LogP contribution in [-0.4, -0.2) is 25.0 Å². The summed E-state index contributed by atoms with van der Waals surface area (Å²) in [6.45, 7) is 0.260. The summed E-state index contributed by atoms with van der Waals surface area (Å²) >= 11 is 3.55. The molecule has 0 aromatic heterocycles. The lowest BCUT2D eigenvalue weighted by Gasteiger charge is -2.24. The van der Waals surface area contributed by atoms with Crippen molar-refractivity contribution in [3.63, 3.8) is 0 Å². The van der Waals surface area contributed by atoms with Crippen LogP contribution in [0.15, 0.2) is 36.4 Å². The molecule has 0 spiro atoms. The first-order chi connectivity index (χ1) is 12.7. The van der Waals surface area contributed by atoms with Crippen molar-refractivity contribution in [2.24, 2.45) is 0 Å². The summed E-state index contributed by atoms with van der Waals surface area (Å²) in [6.07, 6.45) is 1.69. The van der Waals surface area contributed by atoms with Crippen molar-refractivity contribution in [2.45, 2.75) is 17.6 Å². The summed E-state index contributed by atoms with van der Waals surface area (Å²) in [5.41, 5.74) is 2.14. The van der Waals surface area contributed by atoms with E-state index in [0.29, 0.717) is 12.1 Å². The first kappa shape index (κ1) is 18.9. The van der Waals surface area contributed by atoms with E-state index in [1.165, 1.54) is 6.07 Å². The Bertz CT molecular complexity index is 749. The van der Waals surface area contributed by atoms with E-state index in [-0.39, 0.29) is 16.9 Å². The molecule has 1 heterocycles. The molecule has 1 fully saturated rings. The number of methoxy groups -OCH3 is 1. The van der Waals surface area contributed by atoms with Gasteiger partial charge in [0, 0.05) is 17.3 Å². The maximum absolute atomic E-state index is 14.7. The quantitative estimate of drug-likeness (QED) is 0.682. The Morgan fingerprint density at radius 1 is 1.23 bits per heavy atom. The van der Waals surface area contributed by atoms with Gasteiger partial charge in [-0.3, -0.25) is 4.79 Å². The number of carbonyl (C=O) groups is 1. The summed E-state index contributed by atoms with van der Waals surface area (Å²) in [5, 5.41) is 2.53. The third-order valence-corrected chi connectivity index (χ3v) is 6.90. The Kier molecular flexibility index (Phi) is 6.68. The van der Waals surface area contributed by atoms with Gasteiger partial charge in [0.1, 0.15) is 12.4 Å². The van der Waals surface area contributed by atoms with Gasteiger partial charge in [0.25, 0.3) is 0 Å². The highest BCUT2D eigenvalue weighted by Crippen LogP contribution is 2.48. The maximum atomic E-state index is 14.7. The number of thioether (sulfide) groups is 2. The number of ether oxygens (including phenoxy) is 2. The van der Waals surface area contributed by atoms with E-state index in [0.717, 1.165) is 34.8 Å². The van der Waals surface area contributed by atoms with E-state index in [2.05, 4.69) is 5.32 Å². The fourth-order valence-corrected chi connectivity index (χ4v) is 5.54. The van der Waals surface area contributed by atoms with Crippen molar-refractivity contribution in [1.82, 2.24) is 0 Å². The average molecular weight is 394 g/mol. The number of hydrogen-bond acceptors (Lipinski definition) is 5. The van der Waals surface area contributed by atoms with Crippen LogP contribution in [0.1, 0.15) is 22.1 Å². The van der Waals surface area contributed by atoms with E-state index in [1.807, 2.05) is 24.3 Å². The van der Waals surface area contributed by atoms with Crippen molar-refractivity contribution < 1.29 is 18.7 Å². The molecule has 1 aliphatic rings. The molecule has 7 heteroatoms. The largest absolute Gasteiger partial charge is 0.497 e. The molecule has 138 valence electrons. The fraction of sp³-hybridized carbons (Fsp3) is 0.316. The molecule has 0 bridgehead atoms. The molecule has 2 aromatic rings. The van der Waals surface area contributed by atoms with Crippen molar-refractivity contribution in [1.29, 1.82) is 0 Å². The first-order valence-electron chi connectivity index (χ1n) is 8.24. The zero-order valence-electron chi connectivity index (χ0n) is 14.4. The molecule has 0 aliphatic carbocycles. The zero-order chi connectivity index (χ0) is 18.4. The third kappa shape index (κ3) is 4.65. The van der Waals surface area contributed by atoms with Gasteiger partial charge < -0.3 is 14.8 Å². The van der Waals surface area contributed by atoms with Crippen molar-refractivity contribution >= 4 is 35.6 Å². The van der Waals surface area contributed by atoms with Crippen LogP contribution in [0, 0.1) is 5.82 Å². The second kappa shape index (κ2) is 9.19. The molecule has 1 aliphatic heterocycles. The second-order valence-corrected chi connectivity index (χ2v) is 8.43. The van der Waals surface area contributed by atoms with Crippen molar-refractivity contribution in [2.75, 3.05) is 23.9 Å². The number of rotatable bonds is 7. The lowest BCUT2D eigenvalue weighted by Crippen LogP contribution is -2.07. The summed E-state index contributed by atoms with van der Waals surface area (Å²) in [4.78, 5) is 10.7. The number of halogens is 1. The number of carbonyl (C=O) groups excluding carboxylic acids is 1. The number of anilines is 1. The van der Waals surface area contributed by atoms with Gasteiger partial charge in [0.05, 0.1) is 11.7 Å². The summed E-state index contributed by atoms with van der Waals surface area (Å²) in [6, 6.07) is 10.6. The minimum Gasteiger partial charge on any atom is -0.497 e. The van der Waals surface area contributed by atoms with Gasteiger partial charge in [0.2, 0.25) is 6.41 Å². The summed E-state index contributed by atoms with van der Waals surface area (Å²) in [7, 11) is 1.61. The molecule has 0 atom stereocenters. The second-order valence-electron chi connectivity index (χ2n) is 5.70. The number of nitrogens with one attached hydrogen (secondary N) is 1. The maximum Gasteiger partial charge on any atom is 0.211 e. The summed E-state index contributed by atoms with van der Waals surface area (Å²) in [5.74, 6) is 2.61. The predicted molar refractivity (Wildman–Crippen MR) is 106 cm³/mol. The lowest BCUT2D eigenvalue weighted by atomic mass is 10.1. The van der Waals surface area contributed by atoms with Crippen LogP contribution in [0.3, 0.4) is 0 Å². The topological polar surface area (TPSA) is 47.6 Å². The SMILES string of the molecule is COc1ccc(COc2c(F)cc(NC=O)cc2C2SCCCS2)cc1. The van der Waals surface area contributed by atoms with Crippen LogP contribution in [0.4, 0.5) is 10.1 Å². The van der Waals surface area contributed by atoms with Gasteiger partial charge >= 0.3 is 0 Å². The van der Waals surface area contributed by atoms with Crippen LogP contribution in [0.5, 0.6) is 11.5 Å². The molecule has 0 radical (unpaired) electrons. The number of hydrogen-bond donors (Lipinski definition) is 1. The van der Waals surface area contributed by atoms with E-state index in [9.17, 15) is 9.18 Å². The first-order valence-corrected chi connectivity index (χ1v) is 10.3. The van der Waals surface area contributed by atoms with Crippen LogP contribution in [0.2, 0.25) is 0 Å². The Morgan fingerprint density at radius 2 is 1.96 bits per heavy atom. The molecule has 4 nitrogen and oxygen atoms in total. The van der Waals surface area contributed by atoms with Crippen LogP contribution in [0.25, 0.3) is 0 Å². The Labute approximate surface area is 160 Å². The monoisotopic (exact) mass is 393 g/mol. The van der Waals surface area contributed by atoms with Crippen LogP contribution < -0.4 is 14.8 Å². The van der Waals surface area contributed by atoms with Gasteiger partial charge in [0.15, 0.2) is 11.6 Å². The minimum atomic E-state index is -0.466. The highest BCUT2D eigenvalue weighted by molar-refractivity contribution is 8.16. The molecule has 26 heavy (non-hydrogen) atoms. The van der Waals surface area contributed by atoms with Gasteiger partial charge in [-0.25, -0.2) is 4.39 Å². The highest BCUT2D eigenvalue weighted by Gasteiger charge is 2.24. The molecule has 2 aromatic carbocycles. The van der Waals surface area contributed by atoms with E-state index >= 15 is 0 Å². The minimum absolute atomic E-state index is 0.0949. The Balaban J connectivity index is 1.84. The smallest absolute Gasteiger partial charge is 0.211 e. The molecule has 0 unspecified atom stereocenters. The fourth-order valence-electron chi connectivity index (χ4n) is 2.64. The molecule has 1 saturated heterocycles. The highest BCUT2D eigenvalue weighted by atomic mass is 32.2. The van der Waals surface area contributed by atoms with E-state index in [4.69, 9.17) is 9.47 Å². The number of benzene rings is 2. The standard InChI is InChI=1S/C19H20FNO3S2/c1-23-15-5-3-13(4-6-15)11-24-18-16(19-25-7-2-8-26-19)9-14(21-12-22)10-17(18)20/h3-6,9-10,12,19H,2,7-8,11H2,1H3,(H,21,22). The normalized spacial score (nSPS) is 14.7. The van der Waals surface area contributed by atoms with Gasteiger partial charge in [-0.15, -0.1) is 23.5 Å². The zero-order valence-corrected chi connectivity index (χ0v) is 16.0. The number of amides is 1.